The third-order valence-corrected chi connectivity index (χ3v) is 3.82. The van der Waals surface area contributed by atoms with Crippen molar-refractivity contribution in [2.45, 2.75) is 13.8 Å². The highest BCUT2D eigenvalue weighted by Gasteiger charge is 2.23. The maximum atomic E-state index is 12.0. The molecule has 1 aliphatic rings. The summed E-state index contributed by atoms with van der Waals surface area (Å²) < 4.78 is 10.6. The molecule has 0 bridgehead atoms. The van der Waals surface area contributed by atoms with Crippen molar-refractivity contribution in [3.05, 3.63) is 18.2 Å². The lowest BCUT2D eigenvalue weighted by molar-refractivity contribution is -0.134. The van der Waals surface area contributed by atoms with Gasteiger partial charge in [0.1, 0.15) is 0 Å². The summed E-state index contributed by atoms with van der Waals surface area (Å²) in [6.45, 7) is 7.12. The van der Waals surface area contributed by atoms with Crippen LogP contribution in [0, 0.1) is 5.92 Å². The molecule has 1 heterocycles. The van der Waals surface area contributed by atoms with Gasteiger partial charge in [-0.2, -0.15) is 0 Å². The van der Waals surface area contributed by atoms with Crippen molar-refractivity contribution >= 4 is 11.6 Å². The van der Waals surface area contributed by atoms with E-state index in [-0.39, 0.29) is 11.8 Å². The number of piperazine rings is 1. The van der Waals surface area contributed by atoms with Gasteiger partial charge >= 0.3 is 0 Å². The van der Waals surface area contributed by atoms with Crippen molar-refractivity contribution in [2.75, 3.05) is 45.3 Å². The number of ether oxygens (including phenoxy) is 2. The molecule has 5 nitrogen and oxygen atoms in total. The number of nitrogens with zero attached hydrogens (tertiary/aromatic N) is 2. The fourth-order valence-electron chi connectivity index (χ4n) is 2.57. The zero-order valence-corrected chi connectivity index (χ0v) is 13.3. The van der Waals surface area contributed by atoms with E-state index in [0.29, 0.717) is 0 Å². The van der Waals surface area contributed by atoms with Crippen LogP contribution >= 0.6 is 0 Å². The summed E-state index contributed by atoms with van der Waals surface area (Å²) in [6, 6.07) is 5.93. The number of anilines is 1. The predicted molar refractivity (Wildman–Crippen MR) is 83.2 cm³/mol. The van der Waals surface area contributed by atoms with Gasteiger partial charge < -0.3 is 19.3 Å². The molecule has 5 heteroatoms. The lowest BCUT2D eigenvalue weighted by Gasteiger charge is -2.37. The Morgan fingerprint density at radius 2 is 1.67 bits per heavy atom. The number of hydrogen-bond donors (Lipinski definition) is 0. The molecule has 0 aliphatic carbocycles. The number of amides is 1. The van der Waals surface area contributed by atoms with Gasteiger partial charge in [-0.05, 0) is 12.1 Å². The average molecular weight is 292 g/mol. The van der Waals surface area contributed by atoms with Crippen LogP contribution in [0.4, 0.5) is 5.69 Å². The molecule has 1 aromatic carbocycles. The van der Waals surface area contributed by atoms with Crippen LogP contribution in [0.5, 0.6) is 11.5 Å². The van der Waals surface area contributed by atoms with Crippen molar-refractivity contribution < 1.29 is 14.3 Å². The molecular formula is C16H24N2O3. The molecule has 0 saturated carbocycles. The van der Waals surface area contributed by atoms with Gasteiger partial charge in [-0.15, -0.1) is 0 Å². The third-order valence-electron chi connectivity index (χ3n) is 3.82. The van der Waals surface area contributed by atoms with E-state index < -0.39 is 0 Å². The first kappa shape index (κ1) is 15.5. The van der Waals surface area contributed by atoms with Crippen LogP contribution in [-0.4, -0.2) is 51.2 Å². The molecule has 1 saturated heterocycles. The van der Waals surface area contributed by atoms with Crippen LogP contribution in [0.1, 0.15) is 13.8 Å². The van der Waals surface area contributed by atoms with Gasteiger partial charge in [0.25, 0.3) is 0 Å². The molecule has 0 aromatic heterocycles. The van der Waals surface area contributed by atoms with Crippen molar-refractivity contribution in [2.24, 2.45) is 5.92 Å². The van der Waals surface area contributed by atoms with E-state index in [4.69, 9.17) is 9.47 Å². The third kappa shape index (κ3) is 3.40. The molecular weight excluding hydrogens is 268 g/mol. The van der Waals surface area contributed by atoms with Crippen molar-refractivity contribution in [3.63, 3.8) is 0 Å². The number of hydrogen-bond acceptors (Lipinski definition) is 4. The molecule has 21 heavy (non-hydrogen) atoms. The summed E-state index contributed by atoms with van der Waals surface area (Å²) >= 11 is 0. The highest BCUT2D eigenvalue weighted by Crippen LogP contribution is 2.31. The molecule has 2 rings (SSSR count). The number of benzene rings is 1. The minimum atomic E-state index is 0.0673. The van der Waals surface area contributed by atoms with Crippen molar-refractivity contribution in [3.8, 4) is 11.5 Å². The Hall–Kier alpha value is -1.91. The van der Waals surface area contributed by atoms with E-state index in [1.807, 2.05) is 36.9 Å². The zero-order chi connectivity index (χ0) is 15.4. The maximum Gasteiger partial charge on any atom is 0.225 e. The molecule has 0 unspecified atom stereocenters. The fourth-order valence-corrected chi connectivity index (χ4v) is 2.57. The molecule has 116 valence electrons. The summed E-state index contributed by atoms with van der Waals surface area (Å²) in [6.07, 6.45) is 0. The van der Waals surface area contributed by atoms with E-state index in [1.165, 1.54) is 0 Å². The second-order valence-corrected chi connectivity index (χ2v) is 5.51. The Morgan fingerprint density at radius 3 is 2.19 bits per heavy atom. The van der Waals surface area contributed by atoms with Gasteiger partial charge in [-0.3, -0.25) is 4.79 Å². The largest absolute Gasteiger partial charge is 0.493 e. The molecule has 0 radical (unpaired) electrons. The van der Waals surface area contributed by atoms with Crippen molar-refractivity contribution in [1.82, 2.24) is 4.90 Å². The summed E-state index contributed by atoms with van der Waals surface area (Å²) in [5.41, 5.74) is 1.10. The number of carbonyl (C=O) groups excluding carboxylic acids is 1. The first-order valence-corrected chi connectivity index (χ1v) is 7.32. The summed E-state index contributed by atoms with van der Waals surface area (Å²) in [5, 5.41) is 0. The standard InChI is InChI=1S/C16H24N2O3/c1-12(2)16(19)18-9-7-17(8-10-18)13-5-6-14(20-3)15(11-13)21-4/h5-6,11-12H,7-10H2,1-4H3. The Morgan fingerprint density at radius 1 is 1.05 bits per heavy atom. The van der Waals surface area contributed by atoms with Crippen LogP contribution < -0.4 is 14.4 Å². The predicted octanol–water partition coefficient (Wildman–Crippen LogP) is 2.01. The highest BCUT2D eigenvalue weighted by atomic mass is 16.5. The van der Waals surface area contributed by atoms with Crippen LogP contribution in [0.2, 0.25) is 0 Å². The van der Waals surface area contributed by atoms with E-state index >= 15 is 0 Å². The van der Waals surface area contributed by atoms with Crippen LogP contribution in [0.25, 0.3) is 0 Å². The Kier molecular flexibility index (Phi) is 4.94. The van der Waals surface area contributed by atoms with Gasteiger partial charge in [0.15, 0.2) is 11.5 Å². The minimum absolute atomic E-state index is 0.0673. The molecule has 1 aliphatic heterocycles. The van der Waals surface area contributed by atoms with Gasteiger partial charge in [0.2, 0.25) is 5.91 Å². The van der Waals surface area contributed by atoms with Gasteiger partial charge in [0, 0.05) is 43.9 Å². The first-order valence-electron chi connectivity index (χ1n) is 7.32. The normalized spacial score (nSPS) is 15.3. The molecule has 0 spiro atoms. The highest BCUT2D eigenvalue weighted by molar-refractivity contribution is 5.78. The lowest BCUT2D eigenvalue weighted by Crippen LogP contribution is -2.49. The van der Waals surface area contributed by atoms with E-state index in [1.54, 1.807) is 14.2 Å². The molecule has 0 N–H and O–H groups in total. The topological polar surface area (TPSA) is 42.0 Å². The second kappa shape index (κ2) is 6.70. The first-order chi connectivity index (χ1) is 10.1. The van der Waals surface area contributed by atoms with Gasteiger partial charge in [-0.25, -0.2) is 0 Å². The smallest absolute Gasteiger partial charge is 0.225 e. The number of carbonyl (C=O) groups is 1. The second-order valence-electron chi connectivity index (χ2n) is 5.51. The lowest BCUT2D eigenvalue weighted by atomic mass is 10.1. The van der Waals surface area contributed by atoms with Gasteiger partial charge in [0.05, 0.1) is 14.2 Å². The monoisotopic (exact) mass is 292 g/mol. The minimum Gasteiger partial charge on any atom is -0.493 e. The fraction of sp³-hybridized carbons (Fsp3) is 0.562. The van der Waals surface area contributed by atoms with Gasteiger partial charge in [-0.1, -0.05) is 13.8 Å². The van der Waals surface area contributed by atoms with E-state index in [9.17, 15) is 4.79 Å². The number of rotatable bonds is 4. The van der Waals surface area contributed by atoms with Crippen molar-refractivity contribution in [1.29, 1.82) is 0 Å². The summed E-state index contributed by atoms with van der Waals surface area (Å²) in [7, 11) is 3.27. The van der Waals surface area contributed by atoms with Crippen LogP contribution in [0.3, 0.4) is 0 Å². The quantitative estimate of drug-likeness (QED) is 0.851. The van der Waals surface area contributed by atoms with E-state index in [0.717, 1.165) is 43.4 Å². The molecule has 1 fully saturated rings. The Bertz CT molecular complexity index is 494. The zero-order valence-electron chi connectivity index (χ0n) is 13.3. The molecule has 1 amide bonds. The maximum absolute atomic E-state index is 12.0. The average Bonchev–Trinajstić information content (AvgIpc) is 2.53. The Balaban J connectivity index is 2.04. The van der Waals surface area contributed by atoms with Crippen LogP contribution in [0.15, 0.2) is 18.2 Å². The van der Waals surface area contributed by atoms with E-state index in [2.05, 4.69) is 4.90 Å². The summed E-state index contributed by atoms with van der Waals surface area (Å²) in [5.74, 6) is 1.77. The molecule has 1 aromatic rings. The summed E-state index contributed by atoms with van der Waals surface area (Å²) in [4.78, 5) is 16.2. The van der Waals surface area contributed by atoms with Crippen LogP contribution in [-0.2, 0) is 4.79 Å². The SMILES string of the molecule is COc1ccc(N2CCN(C(=O)C(C)C)CC2)cc1OC. The number of methoxy groups -OCH3 is 2. The Labute approximate surface area is 126 Å². The molecule has 0 atom stereocenters.